The molecule has 0 aliphatic heterocycles. The number of hydrogen-bond donors (Lipinski definition) is 0. The van der Waals surface area contributed by atoms with Gasteiger partial charge >= 0.3 is 0 Å². The first-order valence-corrected chi connectivity index (χ1v) is 6.59. The van der Waals surface area contributed by atoms with Gasteiger partial charge in [0.05, 0.1) is 5.56 Å². The third-order valence-electron chi connectivity index (χ3n) is 3.41. The number of aryl methyl sites for hydroxylation is 2. The van der Waals surface area contributed by atoms with Gasteiger partial charge in [-0.1, -0.05) is 12.1 Å². The van der Waals surface area contributed by atoms with Crippen LogP contribution in [-0.4, -0.2) is 26.0 Å². The highest BCUT2D eigenvalue weighted by Gasteiger charge is 2.13. The smallest absolute Gasteiger partial charge is 0.250 e. The summed E-state index contributed by atoms with van der Waals surface area (Å²) >= 11 is 0. The molecule has 5 nitrogen and oxygen atoms in total. The van der Waals surface area contributed by atoms with Crippen LogP contribution >= 0.6 is 0 Å². The predicted octanol–water partition coefficient (Wildman–Crippen LogP) is 2.76. The topological polar surface area (TPSA) is 60.7 Å². The van der Waals surface area contributed by atoms with Crippen molar-refractivity contribution in [2.24, 2.45) is 0 Å². The summed E-state index contributed by atoms with van der Waals surface area (Å²) in [7, 11) is 0. The van der Waals surface area contributed by atoms with Crippen LogP contribution in [0, 0.1) is 13.8 Å². The molecule has 0 atom stereocenters. The number of aldehydes is 1. The maximum atomic E-state index is 11.3. The van der Waals surface area contributed by atoms with Crippen LogP contribution in [0.4, 0.5) is 0 Å². The van der Waals surface area contributed by atoms with Gasteiger partial charge < -0.3 is 0 Å². The first-order valence-electron chi connectivity index (χ1n) is 6.59. The molecule has 1 aromatic carbocycles. The second-order valence-corrected chi connectivity index (χ2v) is 4.84. The largest absolute Gasteiger partial charge is 0.298 e. The number of carbonyl (C=O) groups is 1. The van der Waals surface area contributed by atoms with E-state index in [1.165, 1.54) is 10.2 Å². The first kappa shape index (κ1) is 13.2. The van der Waals surface area contributed by atoms with Gasteiger partial charge in [-0.3, -0.25) is 4.79 Å². The predicted molar refractivity (Wildman–Crippen MR) is 79.5 cm³/mol. The molecule has 2 aromatic heterocycles. The molecule has 0 aliphatic carbocycles. The second kappa shape index (κ2) is 5.28. The number of aromatic nitrogens is 4. The van der Waals surface area contributed by atoms with Crippen LogP contribution < -0.4 is 0 Å². The van der Waals surface area contributed by atoms with E-state index in [2.05, 4.69) is 22.0 Å². The fourth-order valence-electron chi connectivity index (χ4n) is 2.10. The van der Waals surface area contributed by atoms with E-state index in [1.807, 2.05) is 25.1 Å². The van der Waals surface area contributed by atoms with Crippen molar-refractivity contribution in [1.82, 2.24) is 19.7 Å². The molecule has 0 fully saturated rings. The van der Waals surface area contributed by atoms with Gasteiger partial charge in [0.1, 0.15) is 5.69 Å². The zero-order chi connectivity index (χ0) is 14.8. The molecule has 3 rings (SSSR count). The van der Waals surface area contributed by atoms with Gasteiger partial charge in [0.2, 0.25) is 5.95 Å². The Labute approximate surface area is 122 Å². The molecule has 0 radical (unpaired) electrons. The maximum Gasteiger partial charge on any atom is 0.250 e. The van der Waals surface area contributed by atoms with Gasteiger partial charge in [0.15, 0.2) is 6.29 Å². The Bertz CT molecular complexity index is 793. The van der Waals surface area contributed by atoms with E-state index >= 15 is 0 Å². The van der Waals surface area contributed by atoms with E-state index in [0.29, 0.717) is 17.2 Å². The summed E-state index contributed by atoms with van der Waals surface area (Å²) in [6.45, 7) is 4.09. The molecule has 0 bridgehead atoms. The normalized spacial score (nSPS) is 10.6. The van der Waals surface area contributed by atoms with Gasteiger partial charge in [0, 0.05) is 24.2 Å². The monoisotopic (exact) mass is 278 g/mol. The lowest BCUT2D eigenvalue weighted by atomic mass is 10.0. The lowest BCUT2D eigenvalue weighted by Gasteiger charge is -2.03. The van der Waals surface area contributed by atoms with Crippen LogP contribution in [0.5, 0.6) is 0 Å². The molecule has 21 heavy (non-hydrogen) atoms. The average molecular weight is 278 g/mol. The maximum absolute atomic E-state index is 11.3. The van der Waals surface area contributed by atoms with Crippen molar-refractivity contribution in [3.8, 4) is 17.2 Å². The Morgan fingerprint density at radius 1 is 1.10 bits per heavy atom. The van der Waals surface area contributed by atoms with Crippen LogP contribution in [0.25, 0.3) is 17.2 Å². The Morgan fingerprint density at radius 2 is 1.86 bits per heavy atom. The fraction of sp³-hybridized carbons (Fsp3) is 0.125. The molecule has 0 aliphatic rings. The summed E-state index contributed by atoms with van der Waals surface area (Å²) < 4.78 is 1.52. The SMILES string of the molecule is Cc1ccc(-c2nn(-c3ncccn3)cc2C=O)cc1C. The minimum Gasteiger partial charge on any atom is -0.298 e. The molecular weight excluding hydrogens is 264 g/mol. The van der Waals surface area contributed by atoms with Crippen molar-refractivity contribution < 1.29 is 4.79 Å². The van der Waals surface area contributed by atoms with Crippen LogP contribution in [0.15, 0.2) is 42.9 Å². The summed E-state index contributed by atoms with van der Waals surface area (Å²) in [5, 5.41) is 4.45. The molecule has 0 N–H and O–H groups in total. The van der Waals surface area contributed by atoms with Crippen molar-refractivity contribution in [3.63, 3.8) is 0 Å². The highest BCUT2D eigenvalue weighted by atomic mass is 16.1. The zero-order valence-corrected chi connectivity index (χ0v) is 11.8. The molecule has 0 unspecified atom stereocenters. The standard InChI is InChI=1S/C16H14N4O/c1-11-4-5-13(8-12(11)2)15-14(10-21)9-20(19-15)16-17-6-3-7-18-16/h3-10H,1-2H3. The molecule has 5 heteroatoms. The first-order chi connectivity index (χ1) is 10.2. The fourth-order valence-corrected chi connectivity index (χ4v) is 2.10. The van der Waals surface area contributed by atoms with Crippen LogP contribution in [-0.2, 0) is 0 Å². The quantitative estimate of drug-likeness (QED) is 0.691. The number of rotatable bonds is 3. The Morgan fingerprint density at radius 3 is 2.52 bits per heavy atom. The summed E-state index contributed by atoms with van der Waals surface area (Å²) in [6, 6.07) is 7.75. The number of nitrogens with zero attached hydrogens (tertiary/aromatic N) is 4. The molecule has 0 amide bonds. The average Bonchev–Trinajstić information content (AvgIpc) is 2.95. The van der Waals surface area contributed by atoms with Gasteiger partial charge in [-0.05, 0) is 37.1 Å². The lowest BCUT2D eigenvalue weighted by Crippen LogP contribution is -2.00. The molecule has 0 saturated carbocycles. The minimum atomic E-state index is 0.440. The summed E-state index contributed by atoms with van der Waals surface area (Å²) in [5.41, 5.74) is 4.44. The molecule has 2 heterocycles. The molecular formula is C16H14N4O. The Balaban J connectivity index is 2.12. The molecule has 3 aromatic rings. The molecule has 0 saturated heterocycles. The number of benzene rings is 1. The number of hydrogen-bond acceptors (Lipinski definition) is 4. The van der Waals surface area contributed by atoms with E-state index in [1.54, 1.807) is 24.7 Å². The van der Waals surface area contributed by atoms with E-state index in [-0.39, 0.29) is 0 Å². The summed E-state index contributed by atoms with van der Waals surface area (Å²) in [4.78, 5) is 19.6. The van der Waals surface area contributed by atoms with E-state index in [0.717, 1.165) is 17.4 Å². The van der Waals surface area contributed by atoms with Crippen LogP contribution in [0.2, 0.25) is 0 Å². The van der Waals surface area contributed by atoms with Gasteiger partial charge in [-0.2, -0.15) is 5.10 Å². The van der Waals surface area contributed by atoms with Crippen molar-refractivity contribution >= 4 is 6.29 Å². The minimum absolute atomic E-state index is 0.440. The van der Waals surface area contributed by atoms with Crippen LogP contribution in [0.3, 0.4) is 0 Å². The van der Waals surface area contributed by atoms with Crippen molar-refractivity contribution in [2.45, 2.75) is 13.8 Å². The van der Waals surface area contributed by atoms with E-state index in [4.69, 9.17) is 0 Å². The molecule has 0 spiro atoms. The number of carbonyl (C=O) groups excluding carboxylic acids is 1. The van der Waals surface area contributed by atoms with Crippen molar-refractivity contribution in [1.29, 1.82) is 0 Å². The Kier molecular flexibility index (Phi) is 3.31. The highest BCUT2D eigenvalue weighted by molar-refractivity contribution is 5.85. The Hall–Kier alpha value is -2.82. The van der Waals surface area contributed by atoms with E-state index < -0.39 is 0 Å². The highest BCUT2D eigenvalue weighted by Crippen LogP contribution is 2.24. The summed E-state index contributed by atoms with van der Waals surface area (Å²) in [6.07, 6.45) is 5.73. The molecule has 104 valence electrons. The lowest BCUT2D eigenvalue weighted by molar-refractivity contribution is 0.112. The van der Waals surface area contributed by atoms with Crippen LogP contribution in [0.1, 0.15) is 21.5 Å². The zero-order valence-electron chi connectivity index (χ0n) is 11.8. The third kappa shape index (κ3) is 2.45. The van der Waals surface area contributed by atoms with E-state index in [9.17, 15) is 4.79 Å². The van der Waals surface area contributed by atoms with Gasteiger partial charge in [-0.25, -0.2) is 14.6 Å². The van der Waals surface area contributed by atoms with Gasteiger partial charge in [-0.15, -0.1) is 0 Å². The van der Waals surface area contributed by atoms with Crippen molar-refractivity contribution in [3.05, 3.63) is 59.5 Å². The summed E-state index contributed by atoms with van der Waals surface area (Å²) in [5.74, 6) is 0.440. The van der Waals surface area contributed by atoms with Gasteiger partial charge in [0.25, 0.3) is 0 Å². The van der Waals surface area contributed by atoms with Crippen molar-refractivity contribution in [2.75, 3.05) is 0 Å². The second-order valence-electron chi connectivity index (χ2n) is 4.84. The third-order valence-corrected chi connectivity index (χ3v) is 3.41.